The third-order valence-electron chi connectivity index (χ3n) is 3.22. The molecular formula is C14H18N4O. The number of anilines is 2. The van der Waals surface area contributed by atoms with Crippen molar-refractivity contribution in [3.05, 3.63) is 41.5 Å². The third-order valence-corrected chi connectivity index (χ3v) is 3.22. The molecule has 19 heavy (non-hydrogen) atoms. The molecule has 0 aliphatic carbocycles. The number of hydrogen-bond donors (Lipinski definition) is 2. The van der Waals surface area contributed by atoms with Gasteiger partial charge in [0, 0.05) is 17.1 Å². The maximum atomic E-state index is 11.9. The van der Waals surface area contributed by atoms with Crippen molar-refractivity contribution in [2.24, 2.45) is 0 Å². The second-order valence-electron chi connectivity index (χ2n) is 4.66. The van der Waals surface area contributed by atoms with Crippen molar-refractivity contribution < 1.29 is 4.79 Å². The van der Waals surface area contributed by atoms with E-state index in [9.17, 15) is 4.79 Å². The molecule has 1 amide bonds. The van der Waals surface area contributed by atoms with Crippen LogP contribution >= 0.6 is 0 Å². The zero-order chi connectivity index (χ0) is 14.0. The first-order valence-corrected chi connectivity index (χ1v) is 6.11. The molecule has 5 nitrogen and oxygen atoms in total. The van der Waals surface area contributed by atoms with Crippen LogP contribution in [0.4, 0.5) is 11.4 Å². The zero-order valence-corrected chi connectivity index (χ0v) is 11.4. The molecule has 3 N–H and O–H groups in total. The van der Waals surface area contributed by atoms with Gasteiger partial charge in [-0.25, -0.2) is 4.98 Å². The molecule has 5 heteroatoms. The Labute approximate surface area is 112 Å². The number of hydrogen-bond acceptors (Lipinski definition) is 3. The van der Waals surface area contributed by atoms with Crippen molar-refractivity contribution in [3.63, 3.8) is 0 Å². The smallest absolute Gasteiger partial charge is 0.244 e. The molecule has 0 aliphatic heterocycles. The van der Waals surface area contributed by atoms with Gasteiger partial charge in [0.05, 0.1) is 12.0 Å². The minimum Gasteiger partial charge on any atom is -0.398 e. The Balaban J connectivity index is 2.05. The average Bonchev–Trinajstić information content (AvgIpc) is 2.66. The lowest BCUT2D eigenvalue weighted by Crippen LogP contribution is -2.19. The van der Waals surface area contributed by atoms with E-state index in [4.69, 9.17) is 5.73 Å². The largest absolute Gasteiger partial charge is 0.398 e. The van der Waals surface area contributed by atoms with E-state index in [0.717, 1.165) is 17.0 Å². The first-order valence-electron chi connectivity index (χ1n) is 6.11. The maximum absolute atomic E-state index is 11.9. The molecule has 1 aromatic carbocycles. The highest BCUT2D eigenvalue weighted by Crippen LogP contribution is 2.17. The van der Waals surface area contributed by atoms with Crippen LogP contribution in [0.5, 0.6) is 0 Å². The van der Waals surface area contributed by atoms with E-state index in [1.54, 1.807) is 12.4 Å². The van der Waals surface area contributed by atoms with Crippen LogP contribution in [-0.4, -0.2) is 15.5 Å². The van der Waals surface area contributed by atoms with E-state index >= 15 is 0 Å². The molecule has 0 saturated carbocycles. The normalized spacial score (nSPS) is 10.5. The molecule has 0 saturated heterocycles. The fourth-order valence-electron chi connectivity index (χ4n) is 1.78. The summed E-state index contributed by atoms with van der Waals surface area (Å²) in [6.07, 6.45) is 1.67. The zero-order valence-electron chi connectivity index (χ0n) is 11.4. The van der Waals surface area contributed by atoms with Crippen LogP contribution < -0.4 is 11.1 Å². The molecule has 0 aliphatic rings. The van der Waals surface area contributed by atoms with Gasteiger partial charge in [0.25, 0.3) is 0 Å². The quantitative estimate of drug-likeness (QED) is 0.827. The van der Waals surface area contributed by atoms with Gasteiger partial charge in [-0.05, 0) is 38.5 Å². The van der Waals surface area contributed by atoms with Crippen LogP contribution in [0.15, 0.2) is 24.5 Å². The minimum absolute atomic E-state index is 0.0937. The molecule has 0 bridgehead atoms. The highest BCUT2D eigenvalue weighted by Gasteiger charge is 2.08. The van der Waals surface area contributed by atoms with Crippen LogP contribution in [0.3, 0.4) is 0 Å². The van der Waals surface area contributed by atoms with E-state index in [2.05, 4.69) is 10.3 Å². The van der Waals surface area contributed by atoms with Crippen LogP contribution in [0.1, 0.15) is 17.0 Å². The summed E-state index contributed by atoms with van der Waals surface area (Å²) in [7, 11) is 0. The summed E-state index contributed by atoms with van der Waals surface area (Å²) in [5, 5.41) is 2.83. The number of amides is 1. The Kier molecular flexibility index (Phi) is 3.55. The van der Waals surface area contributed by atoms with Gasteiger partial charge in [-0.1, -0.05) is 6.07 Å². The molecule has 0 unspecified atom stereocenters. The number of aromatic nitrogens is 2. The Morgan fingerprint density at radius 2 is 2.11 bits per heavy atom. The molecule has 0 radical (unpaired) electrons. The van der Waals surface area contributed by atoms with Crippen LogP contribution in [-0.2, 0) is 11.3 Å². The second-order valence-corrected chi connectivity index (χ2v) is 4.66. The Morgan fingerprint density at radius 3 is 2.68 bits per heavy atom. The van der Waals surface area contributed by atoms with Gasteiger partial charge in [0.15, 0.2) is 0 Å². The SMILES string of the molecule is Cc1ccc(NC(=O)Cn2cnc(C)c2C)cc1N. The van der Waals surface area contributed by atoms with Crippen molar-refractivity contribution in [1.29, 1.82) is 0 Å². The number of benzene rings is 1. The molecule has 0 fully saturated rings. The van der Waals surface area contributed by atoms with Crippen molar-refractivity contribution in [2.75, 3.05) is 11.1 Å². The number of nitrogens with zero attached hydrogens (tertiary/aromatic N) is 2. The first-order chi connectivity index (χ1) is 8.97. The predicted molar refractivity (Wildman–Crippen MR) is 75.9 cm³/mol. The molecule has 2 rings (SSSR count). The summed E-state index contributed by atoms with van der Waals surface area (Å²) in [6.45, 7) is 6.04. The Hall–Kier alpha value is -2.30. The van der Waals surface area contributed by atoms with Gasteiger partial charge >= 0.3 is 0 Å². The summed E-state index contributed by atoms with van der Waals surface area (Å²) < 4.78 is 1.82. The standard InChI is InChI=1S/C14H18N4O/c1-9-4-5-12(6-13(9)15)17-14(19)7-18-8-16-10(2)11(18)3/h4-6,8H,7,15H2,1-3H3,(H,17,19). The van der Waals surface area contributed by atoms with E-state index in [0.29, 0.717) is 11.4 Å². The molecule has 0 atom stereocenters. The number of nitrogens with two attached hydrogens (primary N) is 1. The van der Waals surface area contributed by atoms with E-state index in [-0.39, 0.29) is 12.5 Å². The topological polar surface area (TPSA) is 72.9 Å². The van der Waals surface area contributed by atoms with Gasteiger partial charge in [-0.2, -0.15) is 0 Å². The number of imidazole rings is 1. The second kappa shape index (κ2) is 5.14. The fraction of sp³-hybridized carbons (Fsp3) is 0.286. The van der Waals surface area contributed by atoms with E-state index in [1.807, 2.05) is 37.5 Å². The highest BCUT2D eigenvalue weighted by atomic mass is 16.1. The minimum atomic E-state index is -0.0937. The van der Waals surface area contributed by atoms with Gasteiger partial charge < -0.3 is 15.6 Å². The molecule has 0 spiro atoms. The molecular weight excluding hydrogens is 240 g/mol. The van der Waals surface area contributed by atoms with Crippen LogP contribution in [0.25, 0.3) is 0 Å². The Morgan fingerprint density at radius 1 is 1.37 bits per heavy atom. The average molecular weight is 258 g/mol. The Bertz CT molecular complexity index is 616. The molecule has 1 aromatic heterocycles. The molecule has 1 heterocycles. The maximum Gasteiger partial charge on any atom is 0.244 e. The van der Waals surface area contributed by atoms with E-state index < -0.39 is 0 Å². The summed E-state index contributed by atoms with van der Waals surface area (Å²) in [5.41, 5.74) is 10.1. The van der Waals surface area contributed by atoms with E-state index in [1.165, 1.54) is 0 Å². The summed E-state index contributed by atoms with van der Waals surface area (Å²) in [6, 6.07) is 5.49. The predicted octanol–water partition coefficient (Wildman–Crippen LogP) is 2.03. The fourth-order valence-corrected chi connectivity index (χ4v) is 1.78. The van der Waals surface area contributed by atoms with Gasteiger partial charge in [0.2, 0.25) is 5.91 Å². The van der Waals surface area contributed by atoms with Gasteiger partial charge in [0.1, 0.15) is 6.54 Å². The van der Waals surface area contributed by atoms with Crippen molar-refractivity contribution in [3.8, 4) is 0 Å². The highest BCUT2D eigenvalue weighted by molar-refractivity contribution is 5.91. The molecule has 2 aromatic rings. The summed E-state index contributed by atoms with van der Waals surface area (Å²) >= 11 is 0. The van der Waals surface area contributed by atoms with Crippen LogP contribution in [0, 0.1) is 20.8 Å². The lowest BCUT2D eigenvalue weighted by atomic mass is 10.2. The number of carbonyl (C=O) groups excluding carboxylic acids is 1. The van der Waals surface area contributed by atoms with Crippen LogP contribution in [0.2, 0.25) is 0 Å². The van der Waals surface area contributed by atoms with Crippen molar-refractivity contribution in [2.45, 2.75) is 27.3 Å². The van der Waals surface area contributed by atoms with Gasteiger partial charge in [-0.3, -0.25) is 4.79 Å². The summed E-state index contributed by atoms with van der Waals surface area (Å²) in [4.78, 5) is 16.1. The summed E-state index contributed by atoms with van der Waals surface area (Å²) in [5.74, 6) is -0.0937. The lowest BCUT2D eigenvalue weighted by molar-refractivity contribution is -0.116. The number of carbonyl (C=O) groups is 1. The van der Waals surface area contributed by atoms with Crippen molar-refractivity contribution >= 4 is 17.3 Å². The number of nitrogen functional groups attached to an aromatic ring is 1. The van der Waals surface area contributed by atoms with Gasteiger partial charge in [-0.15, -0.1) is 0 Å². The monoisotopic (exact) mass is 258 g/mol. The molecule has 100 valence electrons. The number of nitrogens with one attached hydrogen (secondary N) is 1. The lowest BCUT2D eigenvalue weighted by Gasteiger charge is -2.09. The number of aryl methyl sites for hydroxylation is 2. The van der Waals surface area contributed by atoms with Crippen molar-refractivity contribution in [1.82, 2.24) is 9.55 Å². The first kappa shape index (κ1) is 13.1. The third kappa shape index (κ3) is 2.93. The number of rotatable bonds is 3.